The minimum absolute atomic E-state index is 0.579. The molecule has 0 radical (unpaired) electrons. The monoisotopic (exact) mass is 292 g/mol. The quantitative estimate of drug-likeness (QED) is 0.668. The zero-order valence-electron chi connectivity index (χ0n) is 14.4. The standard InChI is InChI=1S/C18H32N2O/c1-6-11-19-14-17-9-7-8-10-18(17)21-13-12-20(5)16(4)15(2)3/h7-10,15-16,19H,6,11-14H2,1-5H3. The summed E-state index contributed by atoms with van der Waals surface area (Å²) in [7, 11) is 2.17. The summed E-state index contributed by atoms with van der Waals surface area (Å²) < 4.78 is 5.99. The van der Waals surface area contributed by atoms with E-state index >= 15 is 0 Å². The van der Waals surface area contributed by atoms with Crippen molar-refractivity contribution in [2.24, 2.45) is 5.92 Å². The Balaban J connectivity index is 2.44. The smallest absolute Gasteiger partial charge is 0.123 e. The maximum absolute atomic E-state index is 5.99. The molecule has 0 aliphatic carbocycles. The van der Waals surface area contributed by atoms with Crippen molar-refractivity contribution < 1.29 is 4.74 Å². The van der Waals surface area contributed by atoms with E-state index in [4.69, 9.17) is 4.74 Å². The van der Waals surface area contributed by atoms with Crippen molar-refractivity contribution in [2.75, 3.05) is 26.7 Å². The van der Waals surface area contributed by atoms with Crippen LogP contribution in [0.1, 0.15) is 39.7 Å². The van der Waals surface area contributed by atoms with Gasteiger partial charge in [-0.25, -0.2) is 0 Å². The van der Waals surface area contributed by atoms with Crippen LogP contribution in [0.25, 0.3) is 0 Å². The van der Waals surface area contributed by atoms with Gasteiger partial charge in [0.2, 0.25) is 0 Å². The first-order valence-corrected chi connectivity index (χ1v) is 8.17. The van der Waals surface area contributed by atoms with E-state index in [-0.39, 0.29) is 0 Å². The molecule has 1 N–H and O–H groups in total. The predicted octanol–water partition coefficient (Wildman–Crippen LogP) is 3.54. The van der Waals surface area contributed by atoms with Gasteiger partial charge in [-0.3, -0.25) is 0 Å². The highest BCUT2D eigenvalue weighted by atomic mass is 16.5. The van der Waals surface area contributed by atoms with Crippen molar-refractivity contribution in [3.05, 3.63) is 29.8 Å². The largest absolute Gasteiger partial charge is 0.492 e. The second-order valence-corrected chi connectivity index (χ2v) is 6.10. The van der Waals surface area contributed by atoms with Gasteiger partial charge in [0.15, 0.2) is 0 Å². The van der Waals surface area contributed by atoms with Gasteiger partial charge in [0.25, 0.3) is 0 Å². The van der Waals surface area contributed by atoms with Crippen LogP contribution in [-0.4, -0.2) is 37.7 Å². The lowest BCUT2D eigenvalue weighted by molar-refractivity contribution is 0.169. The molecule has 0 saturated carbocycles. The predicted molar refractivity (Wildman–Crippen MR) is 90.9 cm³/mol. The molecule has 0 amide bonds. The molecule has 1 atom stereocenters. The number of para-hydroxylation sites is 1. The number of nitrogens with zero attached hydrogens (tertiary/aromatic N) is 1. The molecule has 0 aliphatic heterocycles. The molecule has 1 unspecified atom stereocenters. The third-order valence-electron chi connectivity index (χ3n) is 4.08. The van der Waals surface area contributed by atoms with E-state index in [9.17, 15) is 0 Å². The number of hydrogen-bond donors (Lipinski definition) is 1. The molecule has 0 saturated heterocycles. The molecule has 1 rings (SSSR count). The van der Waals surface area contributed by atoms with Crippen molar-refractivity contribution in [1.29, 1.82) is 0 Å². The molecule has 0 fully saturated rings. The van der Waals surface area contributed by atoms with Crippen LogP contribution in [0.5, 0.6) is 5.75 Å². The molecular formula is C18H32N2O. The second kappa shape index (κ2) is 9.80. The highest BCUT2D eigenvalue weighted by Crippen LogP contribution is 2.18. The average molecular weight is 292 g/mol. The van der Waals surface area contributed by atoms with Crippen LogP contribution in [0.2, 0.25) is 0 Å². The molecule has 3 nitrogen and oxygen atoms in total. The molecule has 0 spiro atoms. The summed E-state index contributed by atoms with van der Waals surface area (Å²) >= 11 is 0. The van der Waals surface area contributed by atoms with E-state index in [0.717, 1.165) is 38.4 Å². The molecule has 1 aromatic rings. The minimum atomic E-state index is 0.579. The Labute approximate surface area is 130 Å². The first-order valence-electron chi connectivity index (χ1n) is 8.17. The van der Waals surface area contributed by atoms with Gasteiger partial charge in [0, 0.05) is 24.7 Å². The Kier molecular flexibility index (Phi) is 8.40. The third kappa shape index (κ3) is 6.49. The first kappa shape index (κ1) is 18.0. The lowest BCUT2D eigenvalue weighted by atomic mass is 10.1. The Hall–Kier alpha value is -1.06. The minimum Gasteiger partial charge on any atom is -0.492 e. The van der Waals surface area contributed by atoms with Gasteiger partial charge in [-0.05, 0) is 38.9 Å². The molecule has 0 aromatic heterocycles. The van der Waals surface area contributed by atoms with Gasteiger partial charge in [0.1, 0.15) is 12.4 Å². The lowest BCUT2D eigenvalue weighted by Gasteiger charge is -2.27. The molecule has 0 heterocycles. The van der Waals surface area contributed by atoms with E-state index in [0.29, 0.717) is 12.0 Å². The summed E-state index contributed by atoms with van der Waals surface area (Å²) in [4.78, 5) is 2.36. The maximum Gasteiger partial charge on any atom is 0.123 e. The molecule has 0 aliphatic rings. The van der Waals surface area contributed by atoms with Gasteiger partial charge in [-0.15, -0.1) is 0 Å². The second-order valence-electron chi connectivity index (χ2n) is 6.10. The SMILES string of the molecule is CCCNCc1ccccc1OCCN(C)C(C)C(C)C. The fourth-order valence-corrected chi connectivity index (χ4v) is 2.20. The summed E-state index contributed by atoms with van der Waals surface area (Å²) in [6.45, 7) is 12.6. The van der Waals surface area contributed by atoms with Gasteiger partial charge >= 0.3 is 0 Å². The van der Waals surface area contributed by atoms with Crippen LogP contribution in [0, 0.1) is 5.92 Å². The van der Waals surface area contributed by atoms with E-state index in [1.807, 2.05) is 6.07 Å². The van der Waals surface area contributed by atoms with Gasteiger partial charge in [0.05, 0.1) is 0 Å². The number of rotatable bonds is 10. The summed E-state index contributed by atoms with van der Waals surface area (Å²) in [5.74, 6) is 1.67. The van der Waals surface area contributed by atoms with E-state index in [2.05, 4.69) is 63.2 Å². The molecule has 120 valence electrons. The van der Waals surface area contributed by atoms with Crippen molar-refractivity contribution in [3.63, 3.8) is 0 Å². The fourth-order valence-electron chi connectivity index (χ4n) is 2.20. The van der Waals surface area contributed by atoms with Crippen LogP contribution in [-0.2, 0) is 6.54 Å². The normalized spacial score (nSPS) is 12.9. The molecule has 3 heteroatoms. The van der Waals surface area contributed by atoms with Crippen LogP contribution in [0.4, 0.5) is 0 Å². The zero-order chi connectivity index (χ0) is 15.7. The Bertz CT molecular complexity index is 393. The number of nitrogens with one attached hydrogen (secondary N) is 1. The third-order valence-corrected chi connectivity index (χ3v) is 4.08. The van der Waals surface area contributed by atoms with Crippen LogP contribution in [0.15, 0.2) is 24.3 Å². The fraction of sp³-hybridized carbons (Fsp3) is 0.667. The average Bonchev–Trinajstić information content (AvgIpc) is 2.48. The number of hydrogen-bond acceptors (Lipinski definition) is 3. The maximum atomic E-state index is 5.99. The Morgan fingerprint density at radius 1 is 1.19 bits per heavy atom. The molecular weight excluding hydrogens is 260 g/mol. The highest BCUT2D eigenvalue weighted by molar-refractivity contribution is 5.33. The molecule has 0 bridgehead atoms. The Morgan fingerprint density at radius 3 is 2.57 bits per heavy atom. The number of benzene rings is 1. The van der Waals surface area contributed by atoms with Crippen molar-refractivity contribution >= 4 is 0 Å². The molecule has 1 aromatic carbocycles. The lowest BCUT2D eigenvalue weighted by Crippen LogP contribution is -2.36. The number of likely N-dealkylation sites (N-methyl/N-ethyl adjacent to an activating group) is 1. The van der Waals surface area contributed by atoms with Crippen LogP contribution < -0.4 is 10.1 Å². The first-order chi connectivity index (χ1) is 10.1. The van der Waals surface area contributed by atoms with Gasteiger partial charge in [-0.1, -0.05) is 39.0 Å². The topological polar surface area (TPSA) is 24.5 Å². The molecule has 21 heavy (non-hydrogen) atoms. The van der Waals surface area contributed by atoms with Gasteiger partial charge < -0.3 is 15.0 Å². The number of ether oxygens (including phenoxy) is 1. The van der Waals surface area contributed by atoms with E-state index < -0.39 is 0 Å². The van der Waals surface area contributed by atoms with Crippen molar-refractivity contribution in [3.8, 4) is 5.75 Å². The van der Waals surface area contributed by atoms with Gasteiger partial charge in [-0.2, -0.15) is 0 Å². The Morgan fingerprint density at radius 2 is 1.90 bits per heavy atom. The zero-order valence-corrected chi connectivity index (χ0v) is 14.4. The van der Waals surface area contributed by atoms with Crippen LogP contribution in [0.3, 0.4) is 0 Å². The van der Waals surface area contributed by atoms with E-state index in [1.54, 1.807) is 0 Å². The summed E-state index contributed by atoms with van der Waals surface area (Å²) in [5, 5.41) is 3.43. The summed E-state index contributed by atoms with van der Waals surface area (Å²) in [5.41, 5.74) is 1.24. The van der Waals surface area contributed by atoms with E-state index in [1.165, 1.54) is 5.56 Å². The summed E-state index contributed by atoms with van der Waals surface area (Å²) in [6.07, 6.45) is 1.15. The van der Waals surface area contributed by atoms with Crippen molar-refractivity contribution in [1.82, 2.24) is 10.2 Å². The van der Waals surface area contributed by atoms with Crippen molar-refractivity contribution in [2.45, 2.75) is 46.7 Å². The van der Waals surface area contributed by atoms with Crippen LogP contribution >= 0.6 is 0 Å². The summed E-state index contributed by atoms with van der Waals surface area (Å²) in [6, 6.07) is 8.89. The highest BCUT2D eigenvalue weighted by Gasteiger charge is 2.12.